The van der Waals surface area contributed by atoms with Crippen LogP contribution in [0, 0.1) is 5.92 Å². The van der Waals surface area contributed by atoms with E-state index in [1.807, 2.05) is 0 Å². The first-order valence-corrected chi connectivity index (χ1v) is 4.73. The standard InChI is InChI=1S/C11H19N/c1-8(2)11(12)10-6-4-9(3)5-7-10/h4,6,8,11H,5,7,12H2,1-3H3. The highest BCUT2D eigenvalue weighted by Crippen LogP contribution is 2.22. The van der Waals surface area contributed by atoms with Gasteiger partial charge in [-0.05, 0) is 25.7 Å². The molecule has 0 radical (unpaired) electrons. The Balaban J connectivity index is 2.65. The fourth-order valence-corrected chi connectivity index (χ4v) is 1.46. The first-order chi connectivity index (χ1) is 5.61. The van der Waals surface area contributed by atoms with Gasteiger partial charge in [0, 0.05) is 6.04 Å². The summed E-state index contributed by atoms with van der Waals surface area (Å²) in [4.78, 5) is 0. The van der Waals surface area contributed by atoms with Gasteiger partial charge >= 0.3 is 0 Å². The molecular formula is C11H19N. The van der Waals surface area contributed by atoms with Gasteiger partial charge in [-0.3, -0.25) is 0 Å². The fourth-order valence-electron chi connectivity index (χ4n) is 1.46. The Morgan fingerprint density at radius 1 is 1.25 bits per heavy atom. The Kier molecular flexibility index (Phi) is 3.10. The Labute approximate surface area is 75.3 Å². The Morgan fingerprint density at radius 3 is 2.33 bits per heavy atom. The first-order valence-electron chi connectivity index (χ1n) is 4.73. The predicted molar refractivity (Wildman–Crippen MR) is 53.9 cm³/mol. The molecule has 0 saturated heterocycles. The highest BCUT2D eigenvalue weighted by molar-refractivity contribution is 5.26. The van der Waals surface area contributed by atoms with Gasteiger partial charge in [0.05, 0.1) is 0 Å². The Bertz CT molecular complexity index is 211. The molecule has 68 valence electrons. The highest BCUT2D eigenvalue weighted by Gasteiger charge is 2.14. The second-order valence-electron chi connectivity index (χ2n) is 4.02. The van der Waals surface area contributed by atoms with Gasteiger partial charge in [-0.2, -0.15) is 0 Å². The molecule has 1 nitrogen and oxygen atoms in total. The van der Waals surface area contributed by atoms with Gasteiger partial charge in [-0.25, -0.2) is 0 Å². The molecule has 0 spiro atoms. The quantitative estimate of drug-likeness (QED) is 0.668. The third kappa shape index (κ3) is 2.21. The predicted octanol–water partition coefficient (Wildman–Crippen LogP) is 2.64. The maximum absolute atomic E-state index is 6.04. The zero-order valence-corrected chi connectivity index (χ0v) is 8.30. The molecule has 0 bridgehead atoms. The van der Waals surface area contributed by atoms with E-state index in [1.54, 1.807) is 0 Å². The minimum Gasteiger partial charge on any atom is -0.324 e. The van der Waals surface area contributed by atoms with E-state index in [-0.39, 0.29) is 6.04 Å². The monoisotopic (exact) mass is 165 g/mol. The van der Waals surface area contributed by atoms with E-state index < -0.39 is 0 Å². The van der Waals surface area contributed by atoms with Crippen LogP contribution in [0.5, 0.6) is 0 Å². The van der Waals surface area contributed by atoms with Crippen molar-refractivity contribution < 1.29 is 0 Å². The molecule has 0 aromatic heterocycles. The van der Waals surface area contributed by atoms with Crippen LogP contribution in [0.3, 0.4) is 0 Å². The molecule has 0 aliphatic heterocycles. The van der Waals surface area contributed by atoms with E-state index in [0.29, 0.717) is 5.92 Å². The molecule has 12 heavy (non-hydrogen) atoms. The lowest BCUT2D eigenvalue weighted by Gasteiger charge is -2.21. The maximum Gasteiger partial charge on any atom is 0.0280 e. The summed E-state index contributed by atoms with van der Waals surface area (Å²) in [7, 11) is 0. The summed E-state index contributed by atoms with van der Waals surface area (Å²) < 4.78 is 0. The third-order valence-corrected chi connectivity index (χ3v) is 2.54. The molecule has 1 unspecified atom stereocenters. The first kappa shape index (κ1) is 9.53. The average molecular weight is 165 g/mol. The van der Waals surface area contributed by atoms with Crippen LogP contribution in [0.4, 0.5) is 0 Å². The largest absolute Gasteiger partial charge is 0.324 e. The molecule has 1 rings (SSSR count). The topological polar surface area (TPSA) is 26.0 Å². The molecule has 0 aromatic rings. The van der Waals surface area contributed by atoms with Crippen LogP contribution in [0.2, 0.25) is 0 Å². The van der Waals surface area contributed by atoms with Crippen molar-refractivity contribution in [1.29, 1.82) is 0 Å². The summed E-state index contributed by atoms with van der Waals surface area (Å²) in [6.45, 7) is 6.53. The number of hydrogen-bond acceptors (Lipinski definition) is 1. The van der Waals surface area contributed by atoms with E-state index in [2.05, 4.69) is 32.9 Å². The second kappa shape index (κ2) is 3.90. The summed E-state index contributed by atoms with van der Waals surface area (Å²) >= 11 is 0. The summed E-state index contributed by atoms with van der Waals surface area (Å²) in [6.07, 6.45) is 6.73. The molecule has 0 aromatic carbocycles. The summed E-state index contributed by atoms with van der Waals surface area (Å²) in [5.41, 5.74) is 8.92. The van der Waals surface area contributed by atoms with Crippen LogP contribution < -0.4 is 5.73 Å². The zero-order valence-electron chi connectivity index (χ0n) is 8.30. The van der Waals surface area contributed by atoms with Crippen LogP contribution in [-0.4, -0.2) is 6.04 Å². The van der Waals surface area contributed by atoms with E-state index in [4.69, 9.17) is 5.73 Å². The molecule has 0 fully saturated rings. The molecule has 0 amide bonds. The Morgan fingerprint density at radius 2 is 1.92 bits per heavy atom. The molecular weight excluding hydrogens is 146 g/mol. The second-order valence-corrected chi connectivity index (χ2v) is 4.02. The van der Waals surface area contributed by atoms with Crippen LogP contribution >= 0.6 is 0 Å². The molecule has 2 N–H and O–H groups in total. The van der Waals surface area contributed by atoms with Crippen LogP contribution in [0.15, 0.2) is 23.3 Å². The van der Waals surface area contributed by atoms with Crippen molar-refractivity contribution in [3.63, 3.8) is 0 Å². The van der Waals surface area contributed by atoms with Crippen LogP contribution in [0.25, 0.3) is 0 Å². The van der Waals surface area contributed by atoms with Gasteiger partial charge in [0.25, 0.3) is 0 Å². The fraction of sp³-hybridized carbons (Fsp3) is 0.636. The molecule has 0 heterocycles. The summed E-state index contributed by atoms with van der Waals surface area (Å²) in [5, 5.41) is 0. The van der Waals surface area contributed by atoms with Crippen molar-refractivity contribution in [3.05, 3.63) is 23.3 Å². The average Bonchev–Trinajstić information content (AvgIpc) is 2.04. The van der Waals surface area contributed by atoms with Crippen molar-refractivity contribution >= 4 is 0 Å². The van der Waals surface area contributed by atoms with Gasteiger partial charge in [0.1, 0.15) is 0 Å². The molecule has 1 heteroatoms. The lowest BCUT2D eigenvalue weighted by atomic mass is 9.89. The summed E-state index contributed by atoms with van der Waals surface area (Å²) in [6, 6.07) is 0.259. The minimum atomic E-state index is 0.259. The third-order valence-electron chi connectivity index (χ3n) is 2.54. The maximum atomic E-state index is 6.04. The van der Waals surface area contributed by atoms with Crippen molar-refractivity contribution in [2.24, 2.45) is 11.7 Å². The van der Waals surface area contributed by atoms with Gasteiger partial charge < -0.3 is 5.73 Å². The van der Waals surface area contributed by atoms with Gasteiger partial charge in [-0.15, -0.1) is 0 Å². The minimum absolute atomic E-state index is 0.259. The number of allylic oxidation sites excluding steroid dienone is 3. The molecule has 0 saturated carbocycles. The van der Waals surface area contributed by atoms with Crippen molar-refractivity contribution in [1.82, 2.24) is 0 Å². The zero-order chi connectivity index (χ0) is 9.14. The number of nitrogens with two attached hydrogens (primary N) is 1. The van der Waals surface area contributed by atoms with E-state index in [0.717, 1.165) is 6.42 Å². The van der Waals surface area contributed by atoms with Crippen LogP contribution in [0.1, 0.15) is 33.6 Å². The molecule has 1 aliphatic carbocycles. The summed E-state index contributed by atoms with van der Waals surface area (Å²) in [5.74, 6) is 0.558. The normalized spacial score (nSPS) is 20.4. The van der Waals surface area contributed by atoms with Crippen LogP contribution in [-0.2, 0) is 0 Å². The van der Waals surface area contributed by atoms with Gasteiger partial charge in [-0.1, -0.05) is 37.1 Å². The van der Waals surface area contributed by atoms with E-state index in [9.17, 15) is 0 Å². The Hall–Kier alpha value is -0.560. The van der Waals surface area contributed by atoms with E-state index >= 15 is 0 Å². The number of hydrogen-bond donors (Lipinski definition) is 1. The van der Waals surface area contributed by atoms with Gasteiger partial charge in [0.2, 0.25) is 0 Å². The SMILES string of the molecule is CC1=CC=C(C(N)C(C)C)CC1. The highest BCUT2D eigenvalue weighted by atomic mass is 14.6. The van der Waals surface area contributed by atoms with Crippen molar-refractivity contribution in [3.8, 4) is 0 Å². The van der Waals surface area contributed by atoms with Gasteiger partial charge in [0.15, 0.2) is 0 Å². The van der Waals surface area contributed by atoms with E-state index in [1.165, 1.54) is 17.6 Å². The number of rotatable bonds is 2. The lowest BCUT2D eigenvalue weighted by molar-refractivity contribution is 0.531. The molecule has 1 atom stereocenters. The lowest BCUT2D eigenvalue weighted by Crippen LogP contribution is -2.29. The smallest absolute Gasteiger partial charge is 0.0280 e. The van der Waals surface area contributed by atoms with Crippen molar-refractivity contribution in [2.75, 3.05) is 0 Å². The van der Waals surface area contributed by atoms with Crippen molar-refractivity contribution in [2.45, 2.75) is 39.7 Å². The molecule has 1 aliphatic rings.